The topological polar surface area (TPSA) is 21.6 Å². The number of aliphatic imine (C=N–C) groups is 1. The van der Waals surface area contributed by atoms with Crippen molar-refractivity contribution in [3.63, 3.8) is 0 Å². The van der Waals surface area contributed by atoms with Crippen LogP contribution in [0.2, 0.25) is 0 Å². The molecule has 4 aliphatic rings. The number of benzene rings is 2. The Balaban J connectivity index is 1.43. The van der Waals surface area contributed by atoms with Crippen molar-refractivity contribution in [3.05, 3.63) is 87.2 Å². The Bertz CT molecular complexity index is 1180. The number of ether oxygens (including phenoxy) is 1. The van der Waals surface area contributed by atoms with Crippen molar-refractivity contribution in [2.24, 2.45) is 10.9 Å². The minimum atomic E-state index is -0.711. The summed E-state index contributed by atoms with van der Waals surface area (Å²) in [5.74, 6) is 3.75. The molecule has 0 saturated carbocycles. The van der Waals surface area contributed by atoms with Crippen LogP contribution in [-0.2, 0) is 4.74 Å². The summed E-state index contributed by atoms with van der Waals surface area (Å²) in [4.78, 5) is 6.31. The third kappa shape index (κ3) is 5.32. The first kappa shape index (κ1) is 25.0. The van der Waals surface area contributed by atoms with E-state index >= 15 is 0 Å². The molecule has 1 atom stereocenters. The van der Waals surface area contributed by atoms with E-state index < -0.39 is 7.92 Å². The Hall–Kier alpha value is -0.340. The standard InChI is InChI=1S/C26H24NOPS6/c1-16(2)19-15-28-21(27-19)20-22(29(17-9-5-3-6-10-17)18-11-7-4-8-12-18)33-25(32-20)26-34-23-24(35-26)31-14-13-30-23/h3-12,16,19H,13-15H2,1-2H3/t19-/m1/s1. The van der Waals surface area contributed by atoms with Crippen molar-refractivity contribution < 1.29 is 4.74 Å². The molecule has 0 spiro atoms. The molecular formula is C26H24NOPS6. The summed E-state index contributed by atoms with van der Waals surface area (Å²) in [6.07, 6.45) is 0. The molecule has 0 bridgehead atoms. The largest absolute Gasteiger partial charge is 0.475 e. The molecule has 2 aromatic rings. The molecule has 9 heteroatoms. The smallest absolute Gasteiger partial charge is 0.224 e. The second-order valence-corrected chi connectivity index (χ2v) is 18.2. The van der Waals surface area contributed by atoms with Crippen LogP contribution in [0.25, 0.3) is 0 Å². The van der Waals surface area contributed by atoms with Gasteiger partial charge in [0.1, 0.15) is 6.61 Å². The maximum Gasteiger partial charge on any atom is 0.224 e. The van der Waals surface area contributed by atoms with Crippen molar-refractivity contribution in [2.45, 2.75) is 19.9 Å². The lowest BCUT2D eigenvalue weighted by atomic mass is 10.1. The van der Waals surface area contributed by atoms with Gasteiger partial charge in [-0.25, -0.2) is 4.99 Å². The van der Waals surface area contributed by atoms with Gasteiger partial charge in [0.05, 0.1) is 27.9 Å². The van der Waals surface area contributed by atoms with E-state index in [1.165, 1.54) is 48.6 Å². The minimum absolute atomic E-state index is 0.234. The van der Waals surface area contributed by atoms with Crippen LogP contribution in [0.1, 0.15) is 13.8 Å². The molecule has 0 saturated heterocycles. The summed E-state index contributed by atoms with van der Waals surface area (Å²) in [5.41, 5.74) is 0. The molecule has 0 fully saturated rings. The van der Waals surface area contributed by atoms with E-state index in [2.05, 4.69) is 74.5 Å². The van der Waals surface area contributed by atoms with Crippen LogP contribution in [0.15, 0.2) is 92.2 Å². The summed E-state index contributed by atoms with van der Waals surface area (Å²) >= 11 is 11.8. The number of hydrogen-bond donors (Lipinski definition) is 0. The second-order valence-electron chi connectivity index (χ2n) is 8.45. The Morgan fingerprint density at radius 1 is 0.771 bits per heavy atom. The predicted octanol–water partition coefficient (Wildman–Crippen LogP) is 8.43. The van der Waals surface area contributed by atoms with Crippen molar-refractivity contribution in [1.82, 2.24) is 0 Å². The number of rotatable bonds is 5. The molecule has 180 valence electrons. The average Bonchev–Trinajstić information content (AvgIpc) is 3.63. The van der Waals surface area contributed by atoms with Crippen LogP contribution in [-0.4, -0.2) is 30.1 Å². The number of thioether (sulfide) groups is 6. The maximum atomic E-state index is 6.28. The van der Waals surface area contributed by atoms with Gasteiger partial charge in [0.15, 0.2) is 0 Å². The van der Waals surface area contributed by atoms with Gasteiger partial charge in [0.2, 0.25) is 5.90 Å². The predicted molar refractivity (Wildman–Crippen MR) is 167 cm³/mol. The number of nitrogens with zero attached hydrogens (tertiary/aromatic N) is 1. The van der Waals surface area contributed by atoms with Crippen molar-refractivity contribution in [3.8, 4) is 0 Å². The van der Waals surface area contributed by atoms with Crippen molar-refractivity contribution in [1.29, 1.82) is 0 Å². The molecule has 2 aromatic carbocycles. The minimum Gasteiger partial charge on any atom is -0.475 e. The quantitative estimate of drug-likeness (QED) is 0.322. The van der Waals surface area contributed by atoms with Crippen LogP contribution >= 0.6 is 78.5 Å². The third-order valence-electron chi connectivity index (χ3n) is 5.70. The Labute approximate surface area is 234 Å². The Morgan fingerprint density at radius 3 is 1.89 bits per heavy atom. The van der Waals surface area contributed by atoms with Gasteiger partial charge in [-0.2, -0.15) is 0 Å². The zero-order chi connectivity index (χ0) is 23.8. The fourth-order valence-electron chi connectivity index (χ4n) is 3.85. The molecule has 2 nitrogen and oxygen atoms in total. The van der Waals surface area contributed by atoms with Gasteiger partial charge in [-0.1, -0.05) is 122 Å². The van der Waals surface area contributed by atoms with E-state index in [9.17, 15) is 0 Å². The third-order valence-corrected chi connectivity index (χ3v) is 17.6. The van der Waals surface area contributed by atoms with Crippen LogP contribution in [0.5, 0.6) is 0 Å². The molecular weight excluding hydrogens is 566 g/mol. The van der Waals surface area contributed by atoms with Crippen LogP contribution in [0.3, 0.4) is 0 Å². The van der Waals surface area contributed by atoms with E-state index in [4.69, 9.17) is 9.73 Å². The SMILES string of the molecule is CC(C)[C@H]1COC(C2=C(P(c3ccccc3)c3ccccc3)SC(=C3SC4=C(SCCS4)S3)S2)=N1. The highest BCUT2D eigenvalue weighted by Gasteiger charge is 2.38. The maximum absolute atomic E-state index is 6.28. The van der Waals surface area contributed by atoms with E-state index in [1.54, 1.807) is 0 Å². The summed E-state index contributed by atoms with van der Waals surface area (Å²) in [5, 5.41) is 2.74. The zero-order valence-corrected chi connectivity index (χ0v) is 25.1. The summed E-state index contributed by atoms with van der Waals surface area (Å²) in [6, 6.07) is 22.2. The van der Waals surface area contributed by atoms with Crippen molar-refractivity contribution >= 4 is 95.0 Å². The van der Waals surface area contributed by atoms with Gasteiger partial charge in [-0.3, -0.25) is 0 Å². The average molecular weight is 590 g/mol. The molecule has 0 aromatic heterocycles. The number of hydrogen-bond acceptors (Lipinski definition) is 8. The van der Waals surface area contributed by atoms with Crippen LogP contribution < -0.4 is 10.6 Å². The van der Waals surface area contributed by atoms with Crippen LogP contribution in [0.4, 0.5) is 0 Å². The molecule has 0 unspecified atom stereocenters. The summed E-state index contributed by atoms with van der Waals surface area (Å²) in [7, 11) is -0.711. The second kappa shape index (κ2) is 11.2. The molecule has 0 amide bonds. The lowest BCUT2D eigenvalue weighted by molar-refractivity contribution is 0.292. The Morgan fingerprint density at radius 2 is 1.34 bits per heavy atom. The Kier molecular flexibility index (Phi) is 7.98. The highest BCUT2D eigenvalue weighted by molar-refractivity contribution is 8.43. The molecule has 4 aliphatic heterocycles. The van der Waals surface area contributed by atoms with Gasteiger partial charge >= 0.3 is 0 Å². The monoisotopic (exact) mass is 589 g/mol. The molecule has 0 radical (unpaired) electrons. The van der Waals surface area contributed by atoms with Gasteiger partial charge in [0.25, 0.3) is 0 Å². The van der Waals surface area contributed by atoms with E-state index in [1.807, 2.05) is 70.6 Å². The molecule has 0 N–H and O–H groups in total. The van der Waals surface area contributed by atoms with E-state index in [0.717, 1.165) is 5.90 Å². The molecule has 6 rings (SSSR count). The molecule has 35 heavy (non-hydrogen) atoms. The first-order chi connectivity index (χ1) is 17.2. The van der Waals surface area contributed by atoms with Gasteiger partial charge in [-0.05, 0) is 24.4 Å². The van der Waals surface area contributed by atoms with E-state index in [-0.39, 0.29) is 6.04 Å². The van der Waals surface area contributed by atoms with Gasteiger partial charge in [0, 0.05) is 16.2 Å². The van der Waals surface area contributed by atoms with E-state index in [0.29, 0.717) is 12.5 Å². The fraction of sp³-hybridized carbons (Fsp3) is 0.269. The van der Waals surface area contributed by atoms with Crippen LogP contribution in [0, 0.1) is 5.92 Å². The summed E-state index contributed by atoms with van der Waals surface area (Å²) < 4.78 is 13.5. The zero-order valence-electron chi connectivity index (χ0n) is 19.3. The first-order valence-corrected chi connectivity index (χ1v) is 18.1. The molecule has 0 aliphatic carbocycles. The fourth-order valence-corrected chi connectivity index (χ4v) is 16.2. The highest BCUT2D eigenvalue weighted by Crippen LogP contribution is 2.68. The van der Waals surface area contributed by atoms with Gasteiger partial charge in [-0.15, -0.1) is 23.5 Å². The molecule has 4 heterocycles. The van der Waals surface area contributed by atoms with Gasteiger partial charge < -0.3 is 4.74 Å². The highest BCUT2D eigenvalue weighted by atomic mass is 32.3. The lowest BCUT2D eigenvalue weighted by Crippen LogP contribution is -2.13. The summed E-state index contributed by atoms with van der Waals surface area (Å²) in [6.45, 7) is 5.15. The van der Waals surface area contributed by atoms with Crippen molar-refractivity contribution in [2.75, 3.05) is 18.1 Å². The lowest BCUT2D eigenvalue weighted by Gasteiger charge is -2.20. The first-order valence-electron chi connectivity index (χ1n) is 11.5. The normalized spacial score (nSPS) is 22.4.